The van der Waals surface area contributed by atoms with Gasteiger partial charge in [-0.3, -0.25) is 9.59 Å². The molecule has 0 aliphatic carbocycles. The maximum absolute atomic E-state index is 13.2. The third-order valence-electron chi connectivity index (χ3n) is 12.5. The smallest absolute Gasteiger partial charge is 0.220 e. The summed E-state index contributed by atoms with van der Waals surface area (Å²) in [5, 5.41) is 13.1. The molecule has 0 saturated heterocycles. The van der Waals surface area contributed by atoms with Crippen LogP contribution in [0.15, 0.2) is 37.4 Å². The van der Waals surface area contributed by atoms with E-state index in [1.807, 2.05) is 12.2 Å². The van der Waals surface area contributed by atoms with Crippen molar-refractivity contribution in [2.45, 2.75) is 81.1 Å². The SMILES string of the molecule is C=Cc1c(C)c2cc3[nH]c(cc4nc(cc5nc(cc1[nH]2)C(C)=C5CCC(=O)NCCNCCN(CC)CC)C(CCC(=O)NCCNCCN(CC)CC)=C4C)c(C)c3C=C. The predicted molar refractivity (Wildman–Crippen MR) is 261 cm³/mol. The molecular formula is C50H72N10O2. The van der Waals surface area contributed by atoms with Gasteiger partial charge in [0.1, 0.15) is 0 Å². The van der Waals surface area contributed by atoms with Crippen LogP contribution in [-0.4, -0.2) is 120 Å². The van der Waals surface area contributed by atoms with Crippen molar-refractivity contribution < 1.29 is 9.59 Å². The minimum Gasteiger partial charge on any atom is -0.355 e. The minimum atomic E-state index is 0.00415. The van der Waals surface area contributed by atoms with E-state index in [1.165, 1.54) is 0 Å². The van der Waals surface area contributed by atoms with Crippen molar-refractivity contribution in [1.29, 1.82) is 0 Å². The van der Waals surface area contributed by atoms with E-state index in [0.717, 1.165) is 155 Å². The van der Waals surface area contributed by atoms with Gasteiger partial charge in [-0.2, -0.15) is 0 Å². The van der Waals surface area contributed by atoms with Gasteiger partial charge in [0.25, 0.3) is 0 Å². The Kier molecular flexibility index (Phi) is 18.0. The fraction of sp³-hybridized carbons (Fsp3) is 0.480. The number of fused-ring (bicyclic) bond motifs is 8. The van der Waals surface area contributed by atoms with E-state index in [1.54, 1.807) is 0 Å². The van der Waals surface area contributed by atoms with Gasteiger partial charge in [0.05, 0.1) is 22.8 Å². The fourth-order valence-corrected chi connectivity index (χ4v) is 8.34. The predicted octanol–water partition coefficient (Wildman–Crippen LogP) is 7.73. The van der Waals surface area contributed by atoms with Crippen LogP contribution in [0, 0.1) is 13.8 Å². The Balaban J connectivity index is 1.48. The molecule has 12 nitrogen and oxygen atoms in total. The first-order valence-electron chi connectivity index (χ1n) is 22.8. The molecule has 0 saturated carbocycles. The molecule has 0 radical (unpaired) electrons. The van der Waals surface area contributed by atoms with Crippen molar-refractivity contribution in [1.82, 2.24) is 51.0 Å². The van der Waals surface area contributed by atoms with Gasteiger partial charge in [0.2, 0.25) is 11.8 Å². The molecule has 2 aliphatic heterocycles. The molecule has 2 amide bonds. The van der Waals surface area contributed by atoms with Crippen molar-refractivity contribution >= 4 is 68.3 Å². The number of carbonyl (C=O) groups excluding carboxylic acids is 2. The third-order valence-corrected chi connectivity index (χ3v) is 12.5. The second-order valence-electron chi connectivity index (χ2n) is 16.2. The number of carbonyl (C=O) groups is 2. The summed E-state index contributed by atoms with van der Waals surface area (Å²) in [6.45, 7) is 35.8. The van der Waals surface area contributed by atoms with E-state index in [-0.39, 0.29) is 11.8 Å². The van der Waals surface area contributed by atoms with Gasteiger partial charge >= 0.3 is 0 Å². The summed E-state index contributed by atoms with van der Waals surface area (Å²) in [7, 11) is 0. The van der Waals surface area contributed by atoms with Gasteiger partial charge < -0.3 is 41.0 Å². The minimum absolute atomic E-state index is 0.00415. The number of aromatic amines is 2. The number of allylic oxidation sites excluding steroid dienone is 4. The van der Waals surface area contributed by atoms with Crippen LogP contribution in [0.1, 0.15) is 112 Å². The van der Waals surface area contributed by atoms with E-state index in [4.69, 9.17) is 9.97 Å². The molecule has 0 spiro atoms. The monoisotopic (exact) mass is 845 g/mol. The van der Waals surface area contributed by atoms with Crippen LogP contribution in [0.2, 0.25) is 0 Å². The lowest BCUT2D eigenvalue weighted by atomic mass is 9.98. The van der Waals surface area contributed by atoms with Crippen LogP contribution in [0.4, 0.5) is 0 Å². The number of likely N-dealkylation sites (N-methyl/N-ethyl adjacent to an activating group) is 2. The Morgan fingerprint density at radius 3 is 1.39 bits per heavy atom. The first-order valence-corrected chi connectivity index (χ1v) is 22.8. The van der Waals surface area contributed by atoms with Crippen molar-refractivity contribution in [2.75, 3.05) is 78.5 Å². The summed E-state index contributed by atoms with van der Waals surface area (Å²) in [5.41, 5.74) is 15.2. The molecule has 8 bridgehead atoms. The van der Waals surface area contributed by atoms with Crippen LogP contribution in [0.5, 0.6) is 0 Å². The topological polar surface area (TPSA) is 146 Å². The highest BCUT2D eigenvalue weighted by Crippen LogP contribution is 2.38. The Morgan fingerprint density at radius 2 is 0.968 bits per heavy atom. The normalized spacial score (nSPS) is 12.8. The maximum atomic E-state index is 13.2. The molecule has 62 heavy (non-hydrogen) atoms. The van der Waals surface area contributed by atoms with Gasteiger partial charge in [0, 0.05) is 98.4 Å². The van der Waals surface area contributed by atoms with Gasteiger partial charge in [0.15, 0.2) is 0 Å². The zero-order valence-corrected chi connectivity index (χ0v) is 38.8. The molecule has 3 aromatic heterocycles. The summed E-state index contributed by atoms with van der Waals surface area (Å²) in [4.78, 5) is 49.0. The molecule has 0 atom stereocenters. The van der Waals surface area contributed by atoms with E-state index in [0.29, 0.717) is 38.8 Å². The number of H-pyrrole nitrogens is 2. The number of aromatic nitrogens is 4. The second-order valence-corrected chi connectivity index (χ2v) is 16.2. The molecule has 12 heteroatoms. The molecule has 2 aliphatic rings. The summed E-state index contributed by atoms with van der Waals surface area (Å²) in [6.07, 6.45) is 5.47. The fourth-order valence-electron chi connectivity index (χ4n) is 8.34. The summed E-state index contributed by atoms with van der Waals surface area (Å²) in [5.74, 6) is 0.00919. The lowest BCUT2D eigenvalue weighted by Gasteiger charge is -2.18. The Labute approximate surface area is 369 Å². The highest BCUT2D eigenvalue weighted by atomic mass is 16.2. The molecule has 6 N–H and O–H groups in total. The summed E-state index contributed by atoms with van der Waals surface area (Å²) >= 11 is 0. The molecule has 0 fully saturated rings. The van der Waals surface area contributed by atoms with Crippen LogP contribution in [0.25, 0.3) is 56.5 Å². The van der Waals surface area contributed by atoms with Crippen LogP contribution >= 0.6 is 0 Å². The van der Waals surface area contributed by atoms with E-state index in [2.05, 4.69) is 134 Å². The molecule has 0 aromatic carbocycles. The number of aryl methyl sites for hydroxylation is 2. The Hall–Kier alpha value is -5.14. The highest BCUT2D eigenvalue weighted by molar-refractivity contribution is 5.97. The van der Waals surface area contributed by atoms with Crippen molar-refractivity contribution in [3.8, 4) is 0 Å². The van der Waals surface area contributed by atoms with E-state index in [9.17, 15) is 9.59 Å². The Bertz CT molecular complexity index is 2300. The van der Waals surface area contributed by atoms with Crippen LogP contribution in [-0.2, 0) is 9.59 Å². The average Bonchev–Trinajstić information content (AvgIpc) is 3.93. The second kappa shape index (κ2) is 23.3. The number of nitrogens with one attached hydrogen (secondary N) is 6. The maximum Gasteiger partial charge on any atom is 0.220 e. The van der Waals surface area contributed by atoms with Gasteiger partial charge in [-0.05, 0) is 124 Å². The van der Waals surface area contributed by atoms with Gasteiger partial charge in [-0.1, -0.05) is 53.0 Å². The van der Waals surface area contributed by atoms with Crippen molar-refractivity contribution in [3.63, 3.8) is 0 Å². The van der Waals surface area contributed by atoms with E-state index < -0.39 is 0 Å². The number of rotatable bonds is 24. The number of amides is 2. The molecular weight excluding hydrogens is 773 g/mol. The van der Waals surface area contributed by atoms with Gasteiger partial charge in [-0.15, -0.1) is 0 Å². The molecule has 3 aromatic rings. The number of nitrogens with zero attached hydrogens (tertiary/aromatic N) is 4. The van der Waals surface area contributed by atoms with Crippen molar-refractivity contribution in [2.24, 2.45) is 0 Å². The third kappa shape index (κ3) is 12.1. The first-order chi connectivity index (χ1) is 30.0. The first kappa shape index (κ1) is 47.9. The number of hydrogen-bond acceptors (Lipinski definition) is 8. The Morgan fingerprint density at radius 1 is 0.565 bits per heavy atom. The standard InChI is InChI=1S/C50H72N10O2/c1-11-37-33(7)41-29-42-35(9)39(17-19-49(61)53-23-21-51-25-27-59(13-3)14-4)47(57-42)32-48-40(18-20-50(62)54-24-22-52-26-28-60(15-5)16-6)36(10)44(58-48)31-46-38(12-2)34(8)43(56-46)30-45(37)55-41/h11-12,29-32,51-52,55-56H,1-2,13-28H2,3-10H3,(H,53,61)(H,54,62). The zero-order valence-electron chi connectivity index (χ0n) is 38.8. The number of hydrogen-bond donors (Lipinski definition) is 6. The average molecular weight is 845 g/mol. The lowest BCUT2D eigenvalue weighted by molar-refractivity contribution is -0.121. The molecule has 5 heterocycles. The molecule has 0 unspecified atom stereocenters. The zero-order chi connectivity index (χ0) is 44.8. The van der Waals surface area contributed by atoms with Crippen LogP contribution < -0.4 is 21.3 Å². The lowest BCUT2D eigenvalue weighted by Crippen LogP contribution is -2.36. The van der Waals surface area contributed by atoms with E-state index >= 15 is 0 Å². The van der Waals surface area contributed by atoms with Gasteiger partial charge in [-0.25, -0.2) is 9.97 Å². The molecule has 334 valence electrons. The van der Waals surface area contributed by atoms with Crippen LogP contribution in [0.3, 0.4) is 0 Å². The highest BCUT2D eigenvalue weighted by Gasteiger charge is 2.23. The summed E-state index contributed by atoms with van der Waals surface area (Å²) < 4.78 is 0. The van der Waals surface area contributed by atoms with Crippen molar-refractivity contribution in [3.05, 3.63) is 82.5 Å². The largest absolute Gasteiger partial charge is 0.355 e. The molecule has 5 rings (SSSR count). The quantitative estimate of drug-likeness (QED) is 0.0503. The summed E-state index contributed by atoms with van der Waals surface area (Å²) in [6, 6.07) is 8.36.